The van der Waals surface area contributed by atoms with E-state index in [2.05, 4.69) is 32.9 Å². The largest absolute Gasteiger partial charge is 0.460 e. The molecule has 1 aliphatic heterocycles. The maximum absolute atomic E-state index is 11.9. The van der Waals surface area contributed by atoms with Crippen molar-refractivity contribution in [2.45, 2.75) is 103 Å². The average molecular weight is 445 g/mol. The second-order valence-electron chi connectivity index (χ2n) is 12.3. The van der Waals surface area contributed by atoms with E-state index < -0.39 is 23.8 Å². The van der Waals surface area contributed by atoms with Gasteiger partial charge in [-0.25, -0.2) is 4.79 Å². The van der Waals surface area contributed by atoms with Crippen LogP contribution in [0.4, 0.5) is 0 Å². The molecule has 0 aromatic carbocycles. The van der Waals surface area contributed by atoms with Crippen LogP contribution in [0.15, 0.2) is 23.3 Å². The Bertz CT molecular complexity index is 858. The molecular formula is C27H40O5. The van der Waals surface area contributed by atoms with Crippen molar-refractivity contribution in [1.82, 2.24) is 0 Å². The molecule has 4 fully saturated rings. The lowest BCUT2D eigenvalue weighted by Crippen LogP contribution is -2.52. The fourth-order valence-corrected chi connectivity index (χ4v) is 8.58. The molecule has 5 aliphatic rings. The number of allylic oxidation sites excluding steroid dienone is 3. The zero-order valence-electron chi connectivity index (χ0n) is 20.0. The van der Waals surface area contributed by atoms with E-state index in [9.17, 15) is 20.1 Å². The van der Waals surface area contributed by atoms with E-state index in [-0.39, 0.29) is 16.9 Å². The van der Waals surface area contributed by atoms with Crippen molar-refractivity contribution in [3.05, 3.63) is 23.3 Å². The summed E-state index contributed by atoms with van der Waals surface area (Å²) in [4.78, 5) is 11.9. The Morgan fingerprint density at radius 2 is 1.88 bits per heavy atom. The minimum atomic E-state index is -1.34. The summed E-state index contributed by atoms with van der Waals surface area (Å²) >= 11 is 0. The van der Waals surface area contributed by atoms with E-state index >= 15 is 0 Å². The summed E-state index contributed by atoms with van der Waals surface area (Å²) in [5.74, 6) is 1.40. The molecule has 178 valence electrons. The van der Waals surface area contributed by atoms with Gasteiger partial charge in [0.05, 0.1) is 12.2 Å². The summed E-state index contributed by atoms with van der Waals surface area (Å²) in [6.45, 7) is 8.55. The summed E-state index contributed by atoms with van der Waals surface area (Å²) in [6, 6.07) is 0. The molecule has 32 heavy (non-hydrogen) atoms. The number of hydrogen-bond acceptors (Lipinski definition) is 5. The van der Waals surface area contributed by atoms with Crippen LogP contribution in [0, 0.1) is 34.5 Å². The quantitative estimate of drug-likeness (QED) is 0.575. The average Bonchev–Trinajstić information content (AvgIpc) is 3.18. The molecule has 0 amide bonds. The van der Waals surface area contributed by atoms with Gasteiger partial charge in [0.2, 0.25) is 0 Å². The topological polar surface area (TPSA) is 87.0 Å². The summed E-state index contributed by atoms with van der Waals surface area (Å²) in [5.41, 5.74) is 1.36. The Balaban J connectivity index is 1.36. The molecule has 0 bridgehead atoms. The van der Waals surface area contributed by atoms with Crippen LogP contribution in [-0.4, -0.2) is 45.2 Å². The normalized spacial score (nSPS) is 51.2. The number of hydrogen-bond donors (Lipinski definition) is 3. The Morgan fingerprint density at radius 3 is 2.56 bits per heavy atom. The van der Waals surface area contributed by atoms with Gasteiger partial charge < -0.3 is 20.1 Å². The molecule has 5 nitrogen and oxygen atoms in total. The van der Waals surface area contributed by atoms with Crippen molar-refractivity contribution in [3.63, 3.8) is 0 Å². The van der Waals surface area contributed by atoms with Gasteiger partial charge in [0, 0.05) is 18.3 Å². The third-order valence-electron chi connectivity index (χ3n) is 10.4. The van der Waals surface area contributed by atoms with Crippen LogP contribution >= 0.6 is 0 Å². The first-order valence-electron chi connectivity index (χ1n) is 12.7. The number of fused-ring (bicyclic) bond motifs is 5. The maximum atomic E-state index is 11.9. The lowest BCUT2D eigenvalue weighted by molar-refractivity contribution is -0.154. The van der Waals surface area contributed by atoms with E-state index in [1.54, 1.807) is 6.92 Å². The molecule has 0 unspecified atom stereocenters. The van der Waals surface area contributed by atoms with Crippen molar-refractivity contribution >= 4 is 5.97 Å². The number of aliphatic hydroxyl groups is 3. The van der Waals surface area contributed by atoms with Crippen LogP contribution in [0.25, 0.3) is 0 Å². The summed E-state index contributed by atoms with van der Waals surface area (Å²) in [7, 11) is 0. The predicted octanol–water partition coefficient (Wildman–Crippen LogP) is 3.91. The number of cyclic esters (lactones) is 1. The van der Waals surface area contributed by atoms with Crippen molar-refractivity contribution in [3.8, 4) is 0 Å². The molecule has 3 N–H and O–H groups in total. The molecular weight excluding hydrogens is 404 g/mol. The van der Waals surface area contributed by atoms with Gasteiger partial charge in [-0.15, -0.1) is 0 Å². The molecule has 5 rings (SSSR count). The number of esters is 1. The Labute approximate surface area is 191 Å². The van der Waals surface area contributed by atoms with Crippen LogP contribution in [0.1, 0.15) is 79.1 Å². The summed E-state index contributed by atoms with van der Waals surface area (Å²) < 4.78 is 5.50. The standard InChI is InChI=1S/C27H40O5/c1-15(11-18-14-26(3,31)24(30)32-18)20-7-8-21-19-6-5-16-12-17(28)13-23(29)27(16,4)22(19)9-10-25(20,21)2/h5-6,15,17-18,20-23,28-29,31H,7-14H2,1-4H3/t15-,17-,18+,20-,21+,22+,23+,25-,26-,27+/m1/s1. The first kappa shape index (κ1) is 22.6. The highest BCUT2D eigenvalue weighted by Crippen LogP contribution is 2.66. The highest BCUT2D eigenvalue weighted by Gasteiger charge is 2.59. The van der Waals surface area contributed by atoms with Crippen molar-refractivity contribution in [1.29, 1.82) is 0 Å². The SMILES string of the molecule is C[C@H](C[C@H]1C[C@@](C)(O)C(=O)O1)[C@H]1CC[C@H]2C3=CC=C4C[C@@H](O)C[C@H](O)[C@]4(C)[C@H]3CC[C@]12C. The number of carbonyl (C=O) groups excluding carboxylic acids is 1. The van der Waals surface area contributed by atoms with Gasteiger partial charge in [0.15, 0.2) is 5.60 Å². The van der Waals surface area contributed by atoms with Gasteiger partial charge in [-0.2, -0.15) is 0 Å². The highest BCUT2D eigenvalue weighted by molar-refractivity contribution is 5.80. The molecule has 0 spiro atoms. The Morgan fingerprint density at radius 1 is 1.12 bits per heavy atom. The molecule has 1 heterocycles. The predicted molar refractivity (Wildman–Crippen MR) is 121 cm³/mol. The molecule has 3 saturated carbocycles. The molecule has 4 aliphatic carbocycles. The second-order valence-corrected chi connectivity index (χ2v) is 12.3. The minimum absolute atomic E-state index is 0.186. The molecule has 1 saturated heterocycles. The number of ether oxygens (including phenoxy) is 1. The third kappa shape index (κ3) is 3.18. The first-order valence-corrected chi connectivity index (χ1v) is 12.7. The monoisotopic (exact) mass is 444 g/mol. The van der Waals surface area contributed by atoms with E-state index in [4.69, 9.17) is 4.74 Å². The van der Waals surface area contributed by atoms with E-state index in [0.29, 0.717) is 42.9 Å². The lowest BCUT2D eigenvalue weighted by atomic mass is 9.49. The first-order chi connectivity index (χ1) is 15.0. The molecule has 0 aromatic heterocycles. The Kier molecular flexibility index (Phi) is 5.24. The zero-order chi connectivity index (χ0) is 23.1. The number of rotatable bonds is 3. The molecule has 0 radical (unpaired) electrons. The van der Waals surface area contributed by atoms with Crippen LogP contribution in [0.5, 0.6) is 0 Å². The summed E-state index contributed by atoms with van der Waals surface area (Å²) in [5, 5.41) is 31.5. The molecule has 0 aromatic rings. The molecule has 10 atom stereocenters. The van der Waals surface area contributed by atoms with Crippen molar-refractivity contribution < 1.29 is 24.9 Å². The lowest BCUT2D eigenvalue weighted by Gasteiger charge is -2.56. The van der Waals surface area contributed by atoms with Crippen LogP contribution in [-0.2, 0) is 9.53 Å². The van der Waals surface area contributed by atoms with E-state index in [0.717, 1.165) is 19.3 Å². The Hall–Kier alpha value is -1.17. The van der Waals surface area contributed by atoms with E-state index in [1.165, 1.54) is 24.0 Å². The molecule has 5 heteroatoms. The number of aliphatic hydroxyl groups excluding tert-OH is 2. The van der Waals surface area contributed by atoms with Gasteiger partial charge in [-0.1, -0.05) is 44.1 Å². The van der Waals surface area contributed by atoms with Gasteiger partial charge in [-0.3, -0.25) is 0 Å². The minimum Gasteiger partial charge on any atom is -0.460 e. The zero-order valence-corrected chi connectivity index (χ0v) is 20.0. The van der Waals surface area contributed by atoms with Gasteiger partial charge >= 0.3 is 5.97 Å². The number of carbonyl (C=O) groups is 1. The van der Waals surface area contributed by atoms with Crippen molar-refractivity contribution in [2.75, 3.05) is 0 Å². The third-order valence-corrected chi connectivity index (χ3v) is 10.4. The highest BCUT2D eigenvalue weighted by atomic mass is 16.6. The van der Waals surface area contributed by atoms with Crippen molar-refractivity contribution in [2.24, 2.45) is 34.5 Å². The second kappa shape index (κ2) is 7.41. The van der Waals surface area contributed by atoms with Crippen LogP contribution in [0.3, 0.4) is 0 Å². The van der Waals surface area contributed by atoms with Gasteiger partial charge in [0.1, 0.15) is 6.10 Å². The van der Waals surface area contributed by atoms with Crippen LogP contribution < -0.4 is 0 Å². The van der Waals surface area contributed by atoms with Crippen LogP contribution in [0.2, 0.25) is 0 Å². The summed E-state index contributed by atoms with van der Waals surface area (Å²) in [6.07, 6.45) is 10.4. The fourth-order valence-electron chi connectivity index (χ4n) is 8.58. The smallest absolute Gasteiger partial charge is 0.338 e. The van der Waals surface area contributed by atoms with Gasteiger partial charge in [0.25, 0.3) is 0 Å². The van der Waals surface area contributed by atoms with Gasteiger partial charge in [-0.05, 0) is 74.5 Å². The van der Waals surface area contributed by atoms with E-state index in [1.807, 2.05) is 0 Å². The maximum Gasteiger partial charge on any atom is 0.338 e. The fraction of sp³-hybridized carbons (Fsp3) is 0.815.